The van der Waals surface area contributed by atoms with Crippen LogP contribution in [-0.2, 0) is 24.2 Å². The van der Waals surface area contributed by atoms with Crippen LogP contribution in [0.2, 0.25) is 0 Å². The van der Waals surface area contributed by atoms with E-state index in [1.165, 1.54) is 24.3 Å². The van der Waals surface area contributed by atoms with Gasteiger partial charge in [-0.25, -0.2) is 13.5 Å². The van der Waals surface area contributed by atoms with Gasteiger partial charge in [0.05, 0.1) is 24.0 Å². The van der Waals surface area contributed by atoms with Gasteiger partial charge in [0.25, 0.3) is 5.91 Å². The fourth-order valence-corrected chi connectivity index (χ4v) is 3.36. The summed E-state index contributed by atoms with van der Waals surface area (Å²) in [4.78, 5) is 17.8. The molecule has 7 heteroatoms. The monoisotopic (exact) mass is 341 g/mol. The molecule has 6 nitrogen and oxygen atoms in total. The first-order chi connectivity index (χ1) is 10.8. The largest absolute Gasteiger partial charge is 0.378 e. The first kappa shape index (κ1) is 17.9. The van der Waals surface area contributed by atoms with Crippen molar-refractivity contribution in [3.63, 3.8) is 0 Å². The minimum absolute atomic E-state index is 0.0452. The number of rotatable bonds is 6. The molecule has 1 fully saturated rings. The predicted molar refractivity (Wildman–Crippen MR) is 85.7 cm³/mol. The van der Waals surface area contributed by atoms with Gasteiger partial charge in [0.1, 0.15) is 0 Å². The number of sulfone groups is 1. The van der Waals surface area contributed by atoms with E-state index >= 15 is 0 Å². The van der Waals surface area contributed by atoms with Crippen LogP contribution >= 0.6 is 0 Å². The zero-order chi connectivity index (χ0) is 17.0. The van der Waals surface area contributed by atoms with E-state index in [0.717, 1.165) is 31.3 Å². The Bertz CT molecular complexity index is 635. The van der Waals surface area contributed by atoms with Crippen molar-refractivity contribution in [1.82, 2.24) is 5.06 Å². The highest BCUT2D eigenvalue weighted by Gasteiger charge is 2.29. The Labute approximate surface area is 137 Å². The van der Waals surface area contributed by atoms with Gasteiger partial charge >= 0.3 is 0 Å². The van der Waals surface area contributed by atoms with Crippen molar-refractivity contribution in [3.8, 4) is 0 Å². The smallest absolute Gasteiger partial charge is 0.253 e. The molecule has 0 aliphatic carbocycles. The number of hydrogen-bond donors (Lipinski definition) is 0. The number of likely N-dealkylation sites (N-methyl/N-ethyl adjacent to an activating group) is 1. The molecule has 2 rings (SSSR count). The first-order valence-corrected chi connectivity index (χ1v) is 9.45. The summed E-state index contributed by atoms with van der Waals surface area (Å²) < 4.78 is 28.8. The summed E-state index contributed by atoms with van der Waals surface area (Å²) in [7, 11) is -0.250. The molecule has 0 saturated carbocycles. The summed E-state index contributed by atoms with van der Waals surface area (Å²) in [5, 5.41) is 1.20. The standard InChI is InChI=1S/C16H23NO5S/c1-17(21-2)16(18)15(11-13-5-4-10-22-13)12-6-8-14(9-7-12)23(3,19)20/h6-9,13,15H,4-5,10-11H2,1-3H3. The molecule has 0 aromatic heterocycles. The lowest BCUT2D eigenvalue weighted by Crippen LogP contribution is -2.32. The Morgan fingerprint density at radius 3 is 2.52 bits per heavy atom. The molecule has 0 N–H and O–H groups in total. The van der Waals surface area contributed by atoms with Crippen LogP contribution in [0.5, 0.6) is 0 Å². The number of carbonyl (C=O) groups is 1. The SMILES string of the molecule is CON(C)C(=O)C(CC1CCCO1)c1ccc(S(C)(=O)=O)cc1. The quantitative estimate of drug-likeness (QED) is 0.737. The number of carbonyl (C=O) groups excluding carboxylic acids is 1. The Kier molecular flexibility index (Phi) is 5.78. The molecule has 0 radical (unpaired) electrons. The van der Waals surface area contributed by atoms with Crippen LogP contribution in [-0.4, -0.2) is 52.5 Å². The maximum atomic E-state index is 12.6. The summed E-state index contributed by atoms with van der Waals surface area (Å²) in [5.41, 5.74) is 0.766. The molecule has 0 bridgehead atoms. The Morgan fingerprint density at radius 2 is 2.04 bits per heavy atom. The van der Waals surface area contributed by atoms with E-state index in [2.05, 4.69) is 0 Å². The maximum absolute atomic E-state index is 12.6. The van der Waals surface area contributed by atoms with Gasteiger partial charge in [-0.2, -0.15) is 0 Å². The van der Waals surface area contributed by atoms with Crippen LogP contribution < -0.4 is 0 Å². The summed E-state index contributed by atoms with van der Waals surface area (Å²) >= 11 is 0. The highest BCUT2D eigenvalue weighted by molar-refractivity contribution is 7.90. The normalized spacial score (nSPS) is 19.5. The fourth-order valence-electron chi connectivity index (χ4n) is 2.73. The van der Waals surface area contributed by atoms with E-state index in [0.29, 0.717) is 6.42 Å². The van der Waals surface area contributed by atoms with Crippen molar-refractivity contribution in [2.45, 2.75) is 36.2 Å². The van der Waals surface area contributed by atoms with Crippen molar-refractivity contribution in [2.24, 2.45) is 0 Å². The minimum Gasteiger partial charge on any atom is -0.378 e. The van der Waals surface area contributed by atoms with Gasteiger partial charge in [-0.05, 0) is 37.0 Å². The summed E-state index contributed by atoms with van der Waals surface area (Å²) in [6.45, 7) is 0.721. The Morgan fingerprint density at radius 1 is 1.39 bits per heavy atom. The second kappa shape index (κ2) is 7.42. The van der Waals surface area contributed by atoms with E-state index in [1.807, 2.05) is 0 Å². The number of amides is 1. The zero-order valence-corrected chi connectivity index (χ0v) is 14.5. The first-order valence-electron chi connectivity index (χ1n) is 7.56. The lowest BCUT2D eigenvalue weighted by molar-refractivity contribution is -0.171. The zero-order valence-electron chi connectivity index (χ0n) is 13.7. The van der Waals surface area contributed by atoms with Crippen molar-refractivity contribution < 1.29 is 22.8 Å². The number of ether oxygens (including phenoxy) is 1. The van der Waals surface area contributed by atoms with E-state index in [9.17, 15) is 13.2 Å². The molecule has 1 saturated heterocycles. The molecular formula is C16H23NO5S. The van der Waals surface area contributed by atoms with Crippen molar-refractivity contribution in [1.29, 1.82) is 0 Å². The third-order valence-corrected chi connectivity index (χ3v) is 5.24. The predicted octanol–water partition coefficient (Wildman–Crippen LogP) is 1.76. The van der Waals surface area contributed by atoms with E-state index in [1.54, 1.807) is 19.2 Å². The molecule has 1 heterocycles. The molecule has 23 heavy (non-hydrogen) atoms. The van der Waals surface area contributed by atoms with E-state index in [-0.39, 0.29) is 16.9 Å². The van der Waals surface area contributed by atoms with Gasteiger partial charge in [0, 0.05) is 19.9 Å². The molecule has 2 unspecified atom stereocenters. The Hall–Kier alpha value is -1.44. The Balaban J connectivity index is 2.26. The second-order valence-electron chi connectivity index (χ2n) is 5.78. The number of hydroxylamine groups is 2. The highest BCUT2D eigenvalue weighted by atomic mass is 32.2. The van der Waals surface area contributed by atoms with Crippen molar-refractivity contribution in [2.75, 3.05) is 27.0 Å². The number of hydrogen-bond acceptors (Lipinski definition) is 5. The maximum Gasteiger partial charge on any atom is 0.253 e. The van der Waals surface area contributed by atoms with Crippen LogP contribution in [0.3, 0.4) is 0 Å². The van der Waals surface area contributed by atoms with E-state index in [4.69, 9.17) is 9.57 Å². The van der Waals surface area contributed by atoms with Gasteiger partial charge in [-0.3, -0.25) is 9.63 Å². The molecule has 0 spiro atoms. The average Bonchev–Trinajstić information content (AvgIpc) is 3.03. The lowest BCUT2D eigenvalue weighted by Gasteiger charge is -2.24. The van der Waals surface area contributed by atoms with Gasteiger partial charge in [-0.15, -0.1) is 0 Å². The van der Waals surface area contributed by atoms with Gasteiger partial charge in [0.2, 0.25) is 0 Å². The van der Waals surface area contributed by atoms with Crippen LogP contribution in [0.15, 0.2) is 29.2 Å². The highest BCUT2D eigenvalue weighted by Crippen LogP contribution is 2.29. The average molecular weight is 341 g/mol. The summed E-state index contributed by atoms with van der Waals surface area (Å²) in [5.74, 6) is -0.591. The van der Waals surface area contributed by atoms with Crippen LogP contribution in [0, 0.1) is 0 Å². The van der Waals surface area contributed by atoms with Gasteiger partial charge in [0.15, 0.2) is 9.84 Å². The molecule has 1 aliphatic rings. The van der Waals surface area contributed by atoms with Crippen LogP contribution in [0.25, 0.3) is 0 Å². The van der Waals surface area contributed by atoms with Gasteiger partial charge < -0.3 is 4.74 Å². The van der Waals surface area contributed by atoms with E-state index < -0.39 is 15.8 Å². The van der Waals surface area contributed by atoms with Gasteiger partial charge in [-0.1, -0.05) is 12.1 Å². The lowest BCUT2D eigenvalue weighted by atomic mass is 9.91. The number of benzene rings is 1. The molecule has 128 valence electrons. The second-order valence-corrected chi connectivity index (χ2v) is 7.80. The fraction of sp³-hybridized carbons (Fsp3) is 0.562. The third kappa shape index (κ3) is 4.53. The summed E-state index contributed by atoms with van der Waals surface area (Å²) in [6.07, 6.45) is 3.70. The van der Waals surface area contributed by atoms with Crippen LogP contribution in [0.1, 0.15) is 30.7 Å². The molecular weight excluding hydrogens is 318 g/mol. The molecule has 2 atom stereocenters. The molecule has 1 aromatic rings. The minimum atomic E-state index is -3.25. The molecule has 1 aromatic carbocycles. The van der Waals surface area contributed by atoms with Crippen molar-refractivity contribution in [3.05, 3.63) is 29.8 Å². The number of nitrogens with zero attached hydrogens (tertiary/aromatic N) is 1. The summed E-state index contributed by atoms with van der Waals surface area (Å²) in [6, 6.07) is 6.45. The molecule has 1 amide bonds. The third-order valence-electron chi connectivity index (χ3n) is 4.12. The van der Waals surface area contributed by atoms with Crippen molar-refractivity contribution >= 4 is 15.7 Å². The molecule has 1 aliphatic heterocycles. The van der Waals surface area contributed by atoms with Crippen LogP contribution in [0.4, 0.5) is 0 Å². The topological polar surface area (TPSA) is 72.9 Å².